The van der Waals surface area contributed by atoms with Crippen molar-refractivity contribution in [2.45, 2.75) is 20.4 Å². The van der Waals surface area contributed by atoms with Crippen molar-refractivity contribution in [1.82, 2.24) is 9.78 Å². The van der Waals surface area contributed by atoms with Crippen LogP contribution in [0, 0.1) is 0 Å². The molecule has 22 heavy (non-hydrogen) atoms. The van der Waals surface area contributed by atoms with E-state index in [4.69, 9.17) is 4.74 Å². The van der Waals surface area contributed by atoms with Crippen LogP contribution in [0.4, 0.5) is 0 Å². The molecule has 0 N–H and O–H groups in total. The number of aromatic nitrogens is 2. The Kier molecular flexibility index (Phi) is 8.12. The van der Waals surface area contributed by atoms with Gasteiger partial charge in [-0.2, -0.15) is 5.10 Å². The standard InChI is InChI=1S/C15H16N2O3.C2H6/c1-19-15(18)8-5-13-3-6-14(7-4-13)20-12-11-17-10-2-9-16-17;1-2/h2-10H,11-12H2,1H3;1-2H3/b8-5+;. The molecule has 0 atom stereocenters. The fourth-order valence-corrected chi connectivity index (χ4v) is 1.60. The molecule has 0 spiro atoms. The third-order valence-electron chi connectivity index (χ3n) is 2.64. The van der Waals surface area contributed by atoms with Gasteiger partial charge in [0.1, 0.15) is 12.4 Å². The van der Waals surface area contributed by atoms with Crippen molar-refractivity contribution >= 4 is 12.0 Å². The van der Waals surface area contributed by atoms with Gasteiger partial charge in [-0.05, 0) is 29.8 Å². The lowest BCUT2D eigenvalue weighted by molar-refractivity contribution is -0.134. The number of hydrogen-bond acceptors (Lipinski definition) is 4. The highest BCUT2D eigenvalue weighted by Crippen LogP contribution is 2.13. The summed E-state index contributed by atoms with van der Waals surface area (Å²) in [6, 6.07) is 9.36. The van der Waals surface area contributed by atoms with E-state index in [1.807, 2.05) is 55.1 Å². The third-order valence-corrected chi connectivity index (χ3v) is 2.64. The maximum atomic E-state index is 11.0. The highest BCUT2D eigenvalue weighted by Gasteiger charge is 1.96. The van der Waals surface area contributed by atoms with Crippen LogP contribution >= 0.6 is 0 Å². The van der Waals surface area contributed by atoms with Crippen molar-refractivity contribution in [2.75, 3.05) is 13.7 Å². The summed E-state index contributed by atoms with van der Waals surface area (Å²) in [6.45, 7) is 5.26. The van der Waals surface area contributed by atoms with Gasteiger partial charge in [-0.3, -0.25) is 4.68 Å². The van der Waals surface area contributed by atoms with E-state index in [0.717, 1.165) is 11.3 Å². The van der Waals surface area contributed by atoms with Crippen molar-refractivity contribution in [3.63, 3.8) is 0 Å². The quantitative estimate of drug-likeness (QED) is 0.607. The van der Waals surface area contributed by atoms with E-state index in [1.54, 1.807) is 12.3 Å². The summed E-state index contributed by atoms with van der Waals surface area (Å²) in [7, 11) is 1.35. The number of ether oxygens (including phenoxy) is 2. The fraction of sp³-hybridized carbons (Fsp3) is 0.294. The Labute approximate surface area is 131 Å². The molecule has 5 nitrogen and oxygen atoms in total. The van der Waals surface area contributed by atoms with Gasteiger partial charge in [0.2, 0.25) is 0 Å². The van der Waals surface area contributed by atoms with Crippen LogP contribution in [0.1, 0.15) is 19.4 Å². The number of methoxy groups -OCH3 is 1. The molecule has 2 aromatic rings. The highest BCUT2D eigenvalue weighted by molar-refractivity contribution is 5.86. The third kappa shape index (κ3) is 6.26. The number of rotatable bonds is 6. The van der Waals surface area contributed by atoms with Crippen molar-refractivity contribution in [2.24, 2.45) is 0 Å². The monoisotopic (exact) mass is 302 g/mol. The maximum absolute atomic E-state index is 11.0. The van der Waals surface area contributed by atoms with Gasteiger partial charge in [0, 0.05) is 18.5 Å². The van der Waals surface area contributed by atoms with Crippen LogP contribution in [0.2, 0.25) is 0 Å². The van der Waals surface area contributed by atoms with E-state index in [0.29, 0.717) is 13.2 Å². The van der Waals surface area contributed by atoms with Crippen molar-refractivity contribution < 1.29 is 14.3 Å². The van der Waals surface area contributed by atoms with Crippen molar-refractivity contribution in [3.8, 4) is 5.75 Å². The van der Waals surface area contributed by atoms with Gasteiger partial charge in [-0.1, -0.05) is 26.0 Å². The summed E-state index contributed by atoms with van der Waals surface area (Å²) >= 11 is 0. The first-order valence-corrected chi connectivity index (χ1v) is 7.24. The second kappa shape index (κ2) is 10.2. The van der Waals surface area contributed by atoms with E-state index >= 15 is 0 Å². The van der Waals surface area contributed by atoms with E-state index in [1.165, 1.54) is 13.2 Å². The summed E-state index contributed by atoms with van der Waals surface area (Å²) in [6.07, 6.45) is 6.71. The van der Waals surface area contributed by atoms with Gasteiger partial charge in [0.15, 0.2) is 0 Å². The Morgan fingerprint density at radius 2 is 2.00 bits per heavy atom. The second-order valence-corrected chi connectivity index (χ2v) is 4.04. The fourth-order valence-electron chi connectivity index (χ4n) is 1.60. The maximum Gasteiger partial charge on any atom is 0.330 e. The minimum atomic E-state index is -0.371. The molecular formula is C17H22N2O3. The summed E-state index contributed by atoms with van der Waals surface area (Å²) < 4.78 is 11.9. The molecular weight excluding hydrogens is 280 g/mol. The predicted octanol–water partition coefficient (Wildman–Crippen LogP) is 3.17. The molecule has 0 aliphatic heterocycles. The number of hydrogen-bond donors (Lipinski definition) is 0. The van der Waals surface area contributed by atoms with Crippen LogP contribution in [-0.2, 0) is 16.1 Å². The van der Waals surface area contributed by atoms with E-state index < -0.39 is 0 Å². The molecule has 0 saturated carbocycles. The molecule has 0 bridgehead atoms. The van der Waals surface area contributed by atoms with Crippen LogP contribution in [0.25, 0.3) is 6.08 Å². The average Bonchev–Trinajstić information content (AvgIpc) is 3.09. The minimum Gasteiger partial charge on any atom is -0.492 e. The first-order valence-electron chi connectivity index (χ1n) is 7.24. The van der Waals surface area contributed by atoms with Crippen LogP contribution in [0.15, 0.2) is 48.8 Å². The van der Waals surface area contributed by atoms with Gasteiger partial charge in [-0.15, -0.1) is 0 Å². The van der Waals surface area contributed by atoms with Gasteiger partial charge >= 0.3 is 5.97 Å². The number of carbonyl (C=O) groups excluding carboxylic acids is 1. The molecule has 1 aromatic heterocycles. The molecule has 0 fully saturated rings. The lowest BCUT2D eigenvalue weighted by Crippen LogP contribution is -2.08. The zero-order valence-electron chi connectivity index (χ0n) is 13.2. The van der Waals surface area contributed by atoms with Crippen LogP contribution < -0.4 is 4.74 Å². The number of esters is 1. The van der Waals surface area contributed by atoms with E-state index in [-0.39, 0.29) is 5.97 Å². The molecule has 0 aliphatic rings. The summed E-state index contributed by atoms with van der Waals surface area (Å²) in [4.78, 5) is 11.0. The zero-order chi connectivity index (χ0) is 16.2. The Morgan fingerprint density at radius 1 is 1.27 bits per heavy atom. The number of carbonyl (C=O) groups is 1. The first-order chi connectivity index (χ1) is 10.8. The molecule has 118 valence electrons. The van der Waals surface area contributed by atoms with Crippen molar-refractivity contribution in [3.05, 3.63) is 54.4 Å². The largest absolute Gasteiger partial charge is 0.492 e. The van der Waals surface area contributed by atoms with Crippen molar-refractivity contribution in [1.29, 1.82) is 0 Å². The zero-order valence-corrected chi connectivity index (χ0v) is 13.2. The molecule has 0 aliphatic carbocycles. The molecule has 2 rings (SSSR count). The van der Waals surface area contributed by atoms with Crippen LogP contribution in [0.3, 0.4) is 0 Å². The molecule has 0 radical (unpaired) electrons. The van der Waals surface area contributed by atoms with Gasteiger partial charge < -0.3 is 9.47 Å². The van der Waals surface area contributed by atoms with Crippen LogP contribution in [-0.4, -0.2) is 29.5 Å². The molecule has 0 unspecified atom stereocenters. The summed E-state index contributed by atoms with van der Waals surface area (Å²) in [5.74, 6) is 0.414. The average molecular weight is 302 g/mol. The highest BCUT2D eigenvalue weighted by atomic mass is 16.5. The molecule has 1 heterocycles. The Morgan fingerprint density at radius 3 is 2.59 bits per heavy atom. The molecule has 0 saturated heterocycles. The first kappa shape index (κ1) is 17.5. The Balaban J connectivity index is 0.00000116. The topological polar surface area (TPSA) is 53.4 Å². The van der Waals surface area contributed by atoms with Crippen LogP contribution in [0.5, 0.6) is 5.75 Å². The summed E-state index contributed by atoms with van der Waals surface area (Å²) in [5, 5.41) is 4.09. The van der Waals surface area contributed by atoms with E-state index in [9.17, 15) is 4.79 Å². The Hall–Kier alpha value is -2.56. The number of nitrogens with zero attached hydrogens (tertiary/aromatic N) is 2. The van der Waals surface area contributed by atoms with Gasteiger partial charge in [-0.25, -0.2) is 4.79 Å². The lowest BCUT2D eigenvalue weighted by atomic mass is 10.2. The van der Waals surface area contributed by atoms with Gasteiger partial charge in [0.05, 0.1) is 13.7 Å². The smallest absolute Gasteiger partial charge is 0.330 e. The second-order valence-electron chi connectivity index (χ2n) is 4.04. The molecule has 0 amide bonds. The SMILES string of the molecule is CC.COC(=O)/C=C/c1ccc(OCCn2cccn2)cc1. The minimum absolute atomic E-state index is 0.371. The van der Waals surface area contributed by atoms with Gasteiger partial charge in [0.25, 0.3) is 0 Å². The predicted molar refractivity (Wildman–Crippen MR) is 86.6 cm³/mol. The Bertz CT molecular complexity index is 560. The van der Waals surface area contributed by atoms with E-state index in [2.05, 4.69) is 9.84 Å². The lowest BCUT2D eigenvalue weighted by Gasteiger charge is -2.06. The normalized spacial score (nSPS) is 9.95. The number of benzene rings is 1. The summed E-state index contributed by atoms with van der Waals surface area (Å²) in [5.41, 5.74) is 0.912. The molecule has 1 aromatic carbocycles. The molecule has 5 heteroatoms.